The highest BCUT2D eigenvalue weighted by Crippen LogP contribution is 2.38. The minimum atomic E-state index is -0.755. The number of likely N-dealkylation sites (N-methyl/N-ethyl adjacent to an activating group) is 1. The summed E-state index contributed by atoms with van der Waals surface area (Å²) in [6.07, 6.45) is 2.16. The van der Waals surface area contributed by atoms with Gasteiger partial charge in [-0.3, -0.25) is 9.59 Å². The number of rotatable bonds is 5. The molecule has 5 rings (SSSR count). The minimum Gasteiger partial charge on any atom is -0.503 e. The summed E-state index contributed by atoms with van der Waals surface area (Å²) in [6, 6.07) is 3.26. The van der Waals surface area contributed by atoms with E-state index in [0.29, 0.717) is 44.0 Å². The van der Waals surface area contributed by atoms with Gasteiger partial charge in [0.15, 0.2) is 16.5 Å². The number of piperidine rings is 1. The first kappa shape index (κ1) is 26.7. The molecule has 1 spiro atoms. The van der Waals surface area contributed by atoms with Crippen LogP contribution in [0, 0.1) is 11.6 Å². The second-order valence-corrected chi connectivity index (χ2v) is 10.6. The topological polar surface area (TPSA) is 118 Å². The maximum absolute atomic E-state index is 14.1. The van der Waals surface area contributed by atoms with Crippen molar-refractivity contribution < 1.29 is 28.2 Å². The third-order valence-corrected chi connectivity index (χ3v) is 8.29. The van der Waals surface area contributed by atoms with Crippen LogP contribution in [0.3, 0.4) is 0 Å². The second-order valence-electron chi connectivity index (χ2n) is 9.57. The minimum absolute atomic E-state index is 0.0477. The number of carbonyl (C=O) groups is 2. The molecule has 4 heterocycles. The van der Waals surface area contributed by atoms with Crippen molar-refractivity contribution in [3.8, 4) is 16.3 Å². The van der Waals surface area contributed by atoms with E-state index in [1.807, 2.05) is 6.92 Å². The molecule has 1 fully saturated rings. The first-order chi connectivity index (χ1) is 18.7. The van der Waals surface area contributed by atoms with Crippen molar-refractivity contribution in [2.75, 3.05) is 26.2 Å². The molecule has 1 saturated heterocycles. The van der Waals surface area contributed by atoms with Crippen LogP contribution in [0.5, 0.6) is 5.75 Å². The lowest BCUT2D eigenvalue weighted by atomic mass is 9.83. The Morgan fingerprint density at radius 3 is 2.59 bits per heavy atom. The summed E-state index contributed by atoms with van der Waals surface area (Å²) in [4.78, 5) is 42.2. The van der Waals surface area contributed by atoms with E-state index in [-0.39, 0.29) is 34.9 Å². The fraction of sp³-hybridized carbons (Fsp3) is 0.423. The first-order valence-corrected chi connectivity index (χ1v) is 13.5. The number of likely N-dealkylation sites (tertiary alicyclic amines) is 1. The van der Waals surface area contributed by atoms with Crippen LogP contribution in [-0.4, -0.2) is 73.5 Å². The number of aromatic hydroxyl groups is 1. The highest BCUT2D eigenvalue weighted by atomic mass is 32.1. The third kappa shape index (κ3) is 4.75. The van der Waals surface area contributed by atoms with E-state index >= 15 is 0 Å². The zero-order chi connectivity index (χ0) is 27.9. The fourth-order valence-electron chi connectivity index (χ4n) is 5.39. The molecule has 2 aliphatic heterocycles. The Kier molecular flexibility index (Phi) is 7.10. The van der Waals surface area contributed by atoms with Gasteiger partial charge in [-0.2, -0.15) is 0 Å². The van der Waals surface area contributed by atoms with Gasteiger partial charge in [-0.15, -0.1) is 10.2 Å². The van der Waals surface area contributed by atoms with Crippen molar-refractivity contribution in [1.82, 2.24) is 24.6 Å². The van der Waals surface area contributed by atoms with Gasteiger partial charge in [0.1, 0.15) is 16.6 Å². The molecule has 1 N–H and O–H groups in total. The van der Waals surface area contributed by atoms with Crippen LogP contribution in [-0.2, 0) is 17.7 Å². The molecule has 1 aromatic carbocycles. The molecule has 39 heavy (non-hydrogen) atoms. The van der Waals surface area contributed by atoms with E-state index in [4.69, 9.17) is 4.74 Å². The number of fused-ring (bicyclic) bond motifs is 1. The number of hydrogen-bond acceptors (Lipinski definition) is 8. The quantitative estimate of drug-likeness (QED) is 0.509. The summed E-state index contributed by atoms with van der Waals surface area (Å²) in [5.74, 6) is -2.53. The number of amides is 2. The van der Waals surface area contributed by atoms with E-state index < -0.39 is 40.4 Å². The molecule has 0 aliphatic carbocycles. The lowest BCUT2D eigenvalue weighted by Gasteiger charge is -2.51. The predicted octanol–water partition coefficient (Wildman–Crippen LogP) is 3.41. The van der Waals surface area contributed by atoms with Crippen molar-refractivity contribution >= 4 is 23.3 Å². The van der Waals surface area contributed by atoms with Gasteiger partial charge in [0.2, 0.25) is 5.43 Å². The highest BCUT2D eigenvalue weighted by Gasteiger charge is 2.48. The van der Waals surface area contributed by atoms with Gasteiger partial charge in [-0.25, -0.2) is 13.6 Å². The number of halogens is 2. The second kappa shape index (κ2) is 10.4. The van der Waals surface area contributed by atoms with Crippen molar-refractivity contribution in [3.63, 3.8) is 0 Å². The predicted molar refractivity (Wildman–Crippen MR) is 138 cm³/mol. The smallest absolute Gasteiger partial charge is 0.409 e. The number of ether oxygens (including phenoxy) is 1. The summed E-state index contributed by atoms with van der Waals surface area (Å²) < 4.78 is 34.1. The van der Waals surface area contributed by atoms with Crippen LogP contribution < -0.4 is 5.43 Å². The molecule has 2 aromatic heterocycles. The number of nitrogens with zero attached hydrogens (tertiary/aromatic N) is 5. The zero-order valence-corrected chi connectivity index (χ0v) is 22.3. The maximum Gasteiger partial charge on any atom is 0.409 e. The third-order valence-electron chi connectivity index (χ3n) is 7.33. The van der Waals surface area contributed by atoms with E-state index in [1.54, 1.807) is 21.3 Å². The number of aromatic nitrogens is 3. The van der Waals surface area contributed by atoms with Gasteiger partial charge in [0.05, 0.1) is 17.7 Å². The molecule has 0 atom stereocenters. The molecule has 0 unspecified atom stereocenters. The van der Waals surface area contributed by atoms with Crippen molar-refractivity contribution in [3.05, 3.63) is 62.5 Å². The average molecular weight is 560 g/mol. The molecule has 206 valence electrons. The van der Waals surface area contributed by atoms with Gasteiger partial charge in [-0.05, 0) is 38.3 Å². The summed E-state index contributed by atoms with van der Waals surface area (Å²) >= 11 is 1.05. The highest BCUT2D eigenvalue weighted by molar-refractivity contribution is 7.14. The number of benzene rings is 1. The average Bonchev–Trinajstić information content (AvgIpc) is 3.37. The van der Waals surface area contributed by atoms with Crippen LogP contribution >= 0.6 is 11.3 Å². The number of hydrogen-bond donors (Lipinski definition) is 1. The Balaban J connectivity index is 1.46. The van der Waals surface area contributed by atoms with E-state index in [9.17, 15) is 28.3 Å². The number of pyridine rings is 1. The van der Waals surface area contributed by atoms with Crippen molar-refractivity contribution in [1.29, 1.82) is 0 Å². The molecule has 13 heteroatoms. The van der Waals surface area contributed by atoms with E-state index in [2.05, 4.69) is 10.2 Å². The van der Waals surface area contributed by atoms with Crippen LogP contribution in [0.15, 0.2) is 29.2 Å². The van der Waals surface area contributed by atoms with Gasteiger partial charge >= 0.3 is 6.09 Å². The summed E-state index contributed by atoms with van der Waals surface area (Å²) in [6.45, 7) is 5.33. The van der Waals surface area contributed by atoms with Crippen LogP contribution in [0.2, 0.25) is 0 Å². The van der Waals surface area contributed by atoms with Crippen LogP contribution in [0.25, 0.3) is 10.6 Å². The van der Waals surface area contributed by atoms with Crippen molar-refractivity contribution in [2.24, 2.45) is 0 Å². The van der Waals surface area contributed by atoms with E-state index in [0.717, 1.165) is 23.5 Å². The summed E-state index contributed by atoms with van der Waals surface area (Å²) in [5, 5.41) is 19.6. The lowest BCUT2D eigenvalue weighted by Crippen LogP contribution is -2.63. The Labute approximate surface area is 226 Å². The zero-order valence-electron chi connectivity index (χ0n) is 21.4. The van der Waals surface area contributed by atoms with Gasteiger partial charge < -0.3 is 24.2 Å². The molecule has 2 aliphatic rings. The normalized spacial score (nSPS) is 16.5. The summed E-state index contributed by atoms with van der Waals surface area (Å²) in [7, 11) is 0. The molecule has 0 radical (unpaired) electrons. The fourth-order valence-corrected chi connectivity index (χ4v) is 6.26. The monoisotopic (exact) mass is 559 g/mol. The van der Waals surface area contributed by atoms with Gasteiger partial charge in [-0.1, -0.05) is 17.4 Å². The molecule has 3 aromatic rings. The molecular weight excluding hydrogens is 532 g/mol. The van der Waals surface area contributed by atoms with Gasteiger partial charge in [0.25, 0.3) is 5.91 Å². The van der Waals surface area contributed by atoms with Crippen LogP contribution in [0.1, 0.15) is 47.7 Å². The summed E-state index contributed by atoms with van der Waals surface area (Å²) in [5.41, 5.74) is -1.18. The van der Waals surface area contributed by atoms with Crippen molar-refractivity contribution in [2.45, 2.75) is 45.2 Å². The Morgan fingerprint density at radius 2 is 1.92 bits per heavy atom. The number of carbonyl (C=O) groups excluding carboxylic acids is 2. The molecular formula is C26H27F2N5O5S. The Hall–Kier alpha value is -3.87. The van der Waals surface area contributed by atoms with E-state index in [1.165, 1.54) is 12.3 Å². The SMILES string of the molecule is CCOC(=O)N1CCC2(CC1)Cn1cc(-c3nnc(Cc4ccc(F)cc4F)s3)c(=O)c(O)c1C(=O)N2CC. The van der Waals surface area contributed by atoms with Gasteiger partial charge in [0, 0.05) is 44.9 Å². The molecule has 0 bridgehead atoms. The molecule has 2 amide bonds. The standard InChI is InChI=1S/C26H27F2N5O5S/c1-3-33-24(36)20-22(35)21(34)17(23-30-29-19(39-23)11-15-5-6-16(27)12-18(15)28)13-32(20)14-26(33)7-9-31(10-8-26)25(37)38-4-2/h5-6,12-13,35H,3-4,7-11,14H2,1-2H3. The molecule has 10 nitrogen and oxygen atoms in total. The molecule has 0 saturated carbocycles. The Morgan fingerprint density at radius 1 is 1.18 bits per heavy atom. The lowest BCUT2D eigenvalue weighted by molar-refractivity contribution is 0.000906. The van der Waals surface area contributed by atoms with Crippen LogP contribution in [0.4, 0.5) is 13.6 Å². The Bertz CT molecular complexity index is 1500. The largest absolute Gasteiger partial charge is 0.503 e. The first-order valence-electron chi connectivity index (χ1n) is 12.6. The maximum atomic E-state index is 14.1.